The Bertz CT molecular complexity index is 613. The summed E-state index contributed by atoms with van der Waals surface area (Å²) in [5.41, 5.74) is 7.99. The molecule has 0 aliphatic heterocycles. The Morgan fingerprint density at radius 1 is 1.07 bits per heavy atom. The molecule has 0 fully saturated rings. The van der Waals surface area contributed by atoms with Crippen LogP contribution in [0, 0.1) is 0 Å². The fraction of sp³-hybridized carbons (Fsp3) is 0. The lowest BCUT2D eigenvalue weighted by Gasteiger charge is -1.90. The number of hydrogen-bond donors (Lipinski definition) is 1. The number of furan rings is 1. The number of anilines is 1. The summed E-state index contributed by atoms with van der Waals surface area (Å²) in [4.78, 5) is 4.01. The van der Waals surface area contributed by atoms with Crippen molar-refractivity contribution in [2.24, 2.45) is 0 Å². The molecule has 3 aromatic rings. The lowest BCUT2D eigenvalue weighted by atomic mass is 10.2. The van der Waals surface area contributed by atoms with Crippen LogP contribution in [0.15, 0.2) is 41.1 Å². The minimum absolute atomic E-state index is 0.713. The highest BCUT2D eigenvalue weighted by Gasteiger charge is 2.05. The normalized spacial score (nSPS) is 11.1. The fourth-order valence-corrected chi connectivity index (χ4v) is 1.65. The topological polar surface area (TPSA) is 52.0 Å². The molecule has 0 saturated heterocycles. The van der Waals surface area contributed by atoms with Crippen molar-refractivity contribution in [3.05, 3.63) is 36.7 Å². The van der Waals surface area contributed by atoms with Crippen molar-refractivity contribution in [3.8, 4) is 0 Å². The molecule has 2 aromatic heterocycles. The summed E-state index contributed by atoms with van der Waals surface area (Å²) in [5.74, 6) is 0. The molecule has 0 spiro atoms. The molecule has 3 heteroatoms. The Hall–Kier alpha value is -2.03. The van der Waals surface area contributed by atoms with E-state index in [1.165, 1.54) is 0 Å². The minimum Gasteiger partial charge on any atom is -0.454 e. The third kappa shape index (κ3) is 0.893. The molecule has 1 aromatic carbocycles. The van der Waals surface area contributed by atoms with Gasteiger partial charge in [0.15, 0.2) is 5.58 Å². The molecule has 68 valence electrons. The molecule has 0 saturated carbocycles. The largest absolute Gasteiger partial charge is 0.454 e. The number of nitrogens with two attached hydrogens (primary N) is 1. The summed E-state index contributed by atoms with van der Waals surface area (Å²) in [5, 5.41) is 2.16. The predicted octanol–water partition coefficient (Wildman–Crippen LogP) is 2.56. The van der Waals surface area contributed by atoms with Crippen molar-refractivity contribution < 1.29 is 4.42 Å². The summed E-state index contributed by atoms with van der Waals surface area (Å²) in [7, 11) is 0. The van der Waals surface area contributed by atoms with Crippen LogP contribution < -0.4 is 5.73 Å². The molecule has 2 heterocycles. The van der Waals surface area contributed by atoms with Gasteiger partial charge in [0.05, 0.1) is 6.20 Å². The van der Waals surface area contributed by atoms with E-state index in [9.17, 15) is 0 Å². The van der Waals surface area contributed by atoms with Crippen molar-refractivity contribution in [1.29, 1.82) is 0 Å². The molecule has 0 bridgehead atoms. The monoisotopic (exact) mass is 184 g/mol. The van der Waals surface area contributed by atoms with Gasteiger partial charge in [-0.05, 0) is 18.2 Å². The van der Waals surface area contributed by atoms with Crippen LogP contribution in [-0.2, 0) is 0 Å². The van der Waals surface area contributed by atoms with Gasteiger partial charge in [-0.15, -0.1) is 0 Å². The first-order chi connectivity index (χ1) is 6.84. The number of rotatable bonds is 0. The molecular weight excluding hydrogens is 176 g/mol. The van der Waals surface area contributed by atoms with Gasteiger partial charge in [-0.25, -0.2) is 0 Å². The highest BCUT2D eigenvalue weighted by molar-refractivity contribution is 6.05. The number of hydrogen-bond acceptors (Lipinski definition) is 3. The van der Waals surface area contributed by atoms with E-state index in [0.717, 1.165) is 21.9 Å². The minimum atomic E-state index is 0.713. The van der Waals surface area contributed by atoms with E-state index in [2.05, 4.69) is 4.98 Å². The van der Waals surface area contributed by atoms with Crippen LogP contribution in [0.1, 0.15) is 0 Å². The average Bonchev–Trinajstić information content (AvgIpc) is 2.54. The van der Waals surface area contributed by atoms with Gasteiger partial charge in [-0.3, -0.25) is 4.98 Å². The summed E-state index contributed by atoms with van der Waals surface area (Å²) < 4.78 is 5.59. The maximum atomic E-state index is 5.67. The highest BCUT2D eigenvalue weighted by Crippen LogP contribution is 2.28. The molecule has 3 nitrogen and oxygen atoms in total. The van der Waals surface area contributed by atoms with Crippen LogP contribution >= 0.6 is 0 Å². The van der Waals surface area contributed by atoms with Crippen molar-refractivity contribution >= 4 is 27.6 Å². The van der Waals surface area contributed by atoms with Crippen LogP contribution in [0.25, 0.3) is 21.9 Å². The first-order valence-electron chi connectivity index (χ1n) is 4.36. The number of benzene rings is 1. The zero-order chi connectivity index (χ0) is 9.54. The Labute approximate surface area is 80.1 Å². The van der Waals surface area contributed by atoms with Gasteiger partial charge in [0, 0.05) is 28.7 Å². The van der Waals surface area contributed by atoms with Crippen molar-refractivity contribution in [2.75, 3.05) is 5.73 Å². The first kappa shape index (κ1) is 7.38. The fourth-order valence-electron chi connectivity index (χ4n) is 1.65. The van der Waals surface area contributed by atoms with Crippen LogP contribution in [-0.4, -0.2) is 4.98 Å². The van der Waals surface area contributed by atoms with E-state index >= 15 is 0 Å². The lowest BCUT2D eigenvalue weighted by molar-refractivity contribution is 0.667. The zero-order valence-electron chi connectivity index (χ0n) is 7.40. The third-order valence-corrected chi connectivity index (χ3v) is 2.30. The molecule has 14 heavy (non-hydrogen) atoms. The second-order valence-electron chi connectivity index (χ2n) is 3.23. The van der Waals surface area contributed by atoms with E-state index in [4.69, 9.17) is 10.2 Å². The van der Waals surface area contributed by atoms with E-state index in [0.29, 0.717) is 5.69 Å². The van der Waals surface area contributed by atoms with Crippen molar-refractivity contribution in [2.45, 2.75) is 0 Å². The van der Waals surface area contributed by atoms with Crippen molar-refractivity contribution in [3.63, 3.8) is 0 Å². The van der Waals surface area contributed by atoms with E-state index in [1.807, 2.05) is 24.3 Å². The Morgan fingerprint density at radius 2 is 1.93 bits per heavy atom. The molecule has 0 aliphatic rings. The summed E-state index contributed by atoms with van der Waals surface area (Å²) >= 11 is 0. The predicted molar refractivity (Wildman–Crippen MR) is 55.9 cm³/mol. The standard InChI is InChI=1S/C11H8N2O/c12-7-1-2-8-9-3-4-13-6-11(9)14-10(8)5-7/h1-6H,12H2. The Balaban J connectivity index is 2.57. The van der Waals surface area contributed by atoms with Gasteiger partial charge in [0.1, 0.15) is 5.58 Å². The van der Waals surface area contributed by atoms with E-state index < -0.39 is 0 Å². The van der Waals surface area contributed by atoms with Gasteiger partial charge in [0.25, 0.3) is 0 Å². The number of aromatic nitrogens is 1. The van der Waals surface area contributed by atoms with Gasteiger partial charge in [0.2, 0.25) is 0 Å². The summed E-state index contributed by atoms with van der Waals surface area (Å²) in [6.45, 7) is 0. The maximum absolute atomic E-state index is 5.67. The zero-order valence-corrected chi connectivity index (χ0v) is 7.40. The van der Waals surface area contributed by atoms with Crippen LogP contribution in [0.2, 0.25) is 0 Å². The quantitative estimate of drug-likeness (QED) is 0.546. The lowest BCUT2D eigenvalue weighted by Crippen LogP contribution is -1.81. The van der Waals surface area contributed by atoms with Gasteiger partial charge < -0.3 is 10.2 Å². The molecule has 0 amide bonds. The maximum Gasteiger partial charge on any atom is 0.153 e. The smallest absolute Gasteiger partial charge is 0.153 e. The molecule has 0 unspecified atom stereocenters. The number of nitrogens with zero attached hydrogens (tertiary/aromatic N) is 1. The molecule has 3 rings (SSSR count). The van der Waals surface area contributed by atoms with Gasteiger partial charge in [-0.1, -0.05) is 0 Å². The Morgan fingerprint density at radius 3 is 2.86 bits per heavy atom. The van der Waals surface area contributed by atoms with Gasteiger partial charge >= 0.3 is 0 Å². The molecule has 2 N–H and O–H groups in total. The highest BCUT2D eigenvalue weighted by atomic mass is 16.3. The number of nitrogen functional groups attached to an aromatic ring is 1. The van der Waals surface area contributed by atoms with Crippen molar-refractivity contribution in [1.82, 2.24) is 4.98 Å². The van der Waals surface area contributed by atoms with E-state index in [-0.39, 0.29) is 0 Å². The molecular formula is C11H8N2O. The first-order valence-corrected chi connectivity index (χ1v) is 4.36. The van der Waals surface area contributed by atoms with E-state index in [1.54, 1.807) is 12.4 Å². The van der Waals surface area contributed by atoms with Crippen LogP contribution in [0.4, 0.5) is 5.69 Å². The SMILES string of the molecule is Nc1ccc2c(c1)oc1cnccc12. The van der Waals surface area contributed by atoms with Crippen LogP contribution in [0.5, 0.6) is 0 Å². The third-order valence-electron chi connectivity index (χ3n) is 2.30. The number of fused-ring (bicyclic) bond motifs is 3. The molecule has 0 radical (unpaired) electrons. The summed E-state index contributed by atoms with van der Waals surface area (Å²) in [6.07, 6.45) is 3.47. The summed E-state index contributed by atoms with van der Waals surface area (Å²) in [6, 6.07) is 7.61. The second kappa shape index (κ2) is 2.48. The average molecular weight is 184 g/mol. The molecule has 0 atom stereocenters. The Kier molecular flexibility index (Phi) is 1.31. The number of pyridine rings is 1. The molecule has 0 aliphatic carbocycles. The van der Waals surface area contributed by atoms with Crippen LogP contribution in [0.3, 0.4) is 0 Å². The second-order valence-corrected chi connectivity index (χ2v) is 3.23. The van der Waals surface area contributed by atoms with Gasteiger partial charge in [-0.2, -0.15) is 0 Å².